The van der Waals surface area contributed by atoms with Crippen LogP contribution in [-0.2, 0) is 0 Å². The number of carbonyl (C=O) groups excluding carboxylic acids is 1. The van der Waals surface area contributed by atoms with Crippen molar-refractivity contribution in [3.05, 3.63) is 29.6 Å². The van der Waals surface area contributed by atoms with Crippen LogP contribution in [0, 0.1) is 11.7 Å². The fourth-order valence-corrected chi connectivity index (χ4v) is 2.85. The van der Waals surface area contributed by atoms with Crippen LogP contribution in [-0.4, -0.2) is 32.1 Å². The molecule has 2 unspecified atom stereocenters. The second kappa shape index (κ2) is 7.41. The molecule has 1 aliphatic heterocycles. The zero-order valence-electron chi connectivity index (χ0n) is 12.6. The van der Waals surface area contributed by atoms with E-state index in [0.717, 1.165) is 13.0 Å². The van der Waals surface area contributed by atoms with Crippen molar-refractivity contribution in [1.29, 1.82) is 0 Å². The molecule has 0 aliphatic carbocycles. The Morgan fingerprint density at radius 3 is 3.05 bits per heavy atom. The molecule has 1 fully saturated rings. The minimum Gasteiger partial charge on any atom is -0.494 e. The minimum absolute atomic E-state index is 0.0878. The number of halogens is 1. The maximum atomic E-state index is 13.3. The third kappa shape index (κ3) is 3.94. The topological polar surface area (TPSA) is 50.4 Å². The standard InChI is InChI=1S/C16H23FN2O2/c1-3-11-5-4-8-18-14(11)10-19-16(20)12-6-7-13(17)15(9-12)21-2/h6-7,9,11,14,18H,3-5,8,10H2,1-2H3,(H,19,20). The van der Waals surface area contributed by atoms with Gasteiger partial charge in [0.05, 0.1) is 7.11 Å². The zero-order chi connectivity index (χ0) is 15.2. The Balaban J connectivity index is 1.95. The summed E-state index contributed by atoms with van der Waals surface area (Å²) in [5.74, 6) is 0.0243. The van der Waals surface area contributed by atoms with Crippen LogP contribution in [0.2, 0.25) is 0 Å². The highest BCUT2D eigenvalue weighted by Crippen LogP contribution is 2.20. The summed E-state index contributed by atoms with van der Waals surface area (Å²) < 4.78 is 18.2. The Labute approximate surface area is 125 Å². The average molecular weight is 294 g/mol. The summed E-state index contributed by atoms with van der Waals surface area (Å²) in [6.07, 6.45) is 3.50. The first-order valence-corrected chi connectivity index (χ1v) is 7.50. The molecule has 0 bridgehead atoms. The van der Waals surface area contributed by atoms with E-state index in [4.69, 9.17) is 4.74 Å². The van der Waals surface area contributed by atoms with Gasteiger partial charge in [0.25, 0.3) is 5.91 Å². The lowest BCUT2D eigenvalue weighted by Gasteiger charge is -2.32. The maximum absolute atomic E-state index is 13.3. The minimum atomic E-state index is -0.464. The molecular formula is C16H23FN2O2. The van der Waals surface area contributed by atoms with Gasteiger partial charge in [0.1, 0.15) is 0 Å². The van der Waals surface area contributed by atoms with Gasteiger partial charge >= 0.3 is 0 Å². The number of piperidine rings is 1. The maximum Gasteiger partial charge on any atom is 0.251 e. The average Bonchev–Trinajstić information content (AvgIpc) is 2.53. The number of benzene rings is 1. The van der Waals surface area contributed by atoms with Crippen molar-refractivity contribution in [2.75, 3.05) is 20.2 Å². The molecule has 4 nitrogen and oxygen atoms in total. The fourth-order valence-electron chi connectivity index (χ4n) is 2.85. The largest absolute Gasteiger partial charge is 0.494 e. The first-order chi connectivity index (χ1) is 10.2. The number of hydrogen-bond donors (Lipinski definition) is 2. The van der Waals surface area contributed by atoms with E-state index in [2.05, 4.69) is 17.6 Å². The Kier molecular flexibility index (Phi) is 5.56. The molecule has 116 valence electrons. The summed E-state index contributed by atoms with van der Waals surface area (Å²) in [7, 11) is 1.39. The van der Waals surface area contributed by atoms with Gasteiger partial charge in [0, 0.05) is 18.2 Å². The third-order valence-electron chi connectivity index (χ3n) is 4.15. The highest BCUT2D eigenvalue weighted by atomic mass is 19.1. The van der Waals surface area contributed by atoms with Crippen molar-refractivity contribution in [2.45, 2.75) is 32.2 Å². The molecule has 0 aromatic heterocycles. The van der Waals surface area contributed by atoms with E-state index in [-0.39, 0.29) is 11.7 Å². The number of nitrogens with one attached hydrogen (secondary N) is 2. The van der Waals surface area contributed by atoms with Crippen LogP contribution in [0.3, 0.4) is 0 Å². The second-order valence-electron chi connectivity index (χ2n) is 5.43. The van der Waals surface area contributed by atoms with Gasteiger partial charge in [-0.2, -0.15) is 0 Å². The number of ether oxygens (including phenoxy) is 1. The Hall–Kier alpha value is -1.62. The van der Waals surface area contributed by atoms with Gasteiger partial charge < -0.3 is 15.4 Å². The molecule has 0 spiro atoms. The lowest BCUT2D eigenvalue weighted by Crippen LogP contribution is -2.48. The van der Waals surface area contributed by atoms with Gasteiger partial charge in [0.15, 0.2) is 11.6 Å². The fraction of sp³-hybridized carbons (Fsp3) is 0.562. The molecule has 2 N–H and O–H groups in total. The van der Waals surface area contributed by atoms with Crippen LogP contribution in [0.15, 0.2) is 18.2 Å². The first kappa shape index (κ1) is 15.8. The van der Waals surface area contributed by atoms with Crippen LogP contribution >= 0.6 is 0 Å². The monoisotopic (exact) mass is 294 g/mol. The van der Waals surface area contributed by atoms with Crippen molar-refractivity contribution in [3.63, 3.8) is 0 Å². The predicted molar refractivity (Wildman–Crippen MR) is 80.1 cm³/mol. The first-order valence-electron chi connectivity index (χ1n) is 7.50. The summed E-state index contributed by atoms with van der Waals surface area (Å²) in [5, 5.41) is 6.38. The van der Waals surface area contributed by atoms with E-state index in [9.17, 15) is 9.18 Å². The molecule has 1 aromatic carbocycles. The molecule has 1 saturated heterocycles. The molecule has 1 aliphatic rings. The normalized spacial score (nSPS) is 21.9. The van der Waals surface area contributed by atoms with Crippen LogP contribution in [0.25, 0.3) is 0 Å². The summed E-state index contributed by atoms with van der Waals surface area (Å²) in [6.45, 7) is 3.77. The van der Waals surface area contributed by atoms with Gasteiger partial charge in [-0.3, -0.25) is 4.79 Å². The summed E-state index contributed by atoms with van der Waals surface area (Å²) >= 11 is 0. The van der Waals surface area contributed by atoms with Gasteiger partial charge in [-0.15, -0.1) is 0 Å². The highest BCUT2D eigenvalue weighted by molar-refractivity contribution is 5.94. The van der Waals surface area contributed by atoms with Crippen molar-refractivity contribution in [3.8, 4) is 5.75 Å². The molecule has 1 heterocycles. The molecule has 5 heteroatoms. The quantitative estimate of drug-likeness (QED) is 0.876. The van der Waals surface area contributed by atoms with Crippen LogP contribution < -0.4 is 15.4 Å². The van der Waals surface area contributed by atoms with E-state index in [1.54, 1.807) is 0 Å². The van der Waals surface area contributed by atoms with Gasteiger partial charge in [-0.1, -0.05) is 13.3 Å². The molecular weight excluding hydrogens is 271 g/mol. The molecule has 2 rings (SSSR count). The van der Waals surface area contributed by atoms with E-state index in [0.29, 0.717) is 24.1 Å². The van der Waals surface area contributed by atoms with Crippen LogP contribution in [0.1, 0.15) is 36.5 Å². The van der Waals surface area contributed by atoms with Gasteiger partial charge in [-0.25, -0.2) is 4.39 Å². The van der Waals surface area contributed by atoms with E-state index < -0.39 is 5.82 Å². The molecule has 21 heavy (non-hydrogen) atoms. The van der Waals surface area contributed by atoms with Crippen LogP contribution in [0.5, 0.6) is 5.75 Å². The Morgan fingerprint density at radius 1 is 1.52 bits per heavy atom. The number of carbonyl (C=O) groups is 1. The molecule has 1 aromatic rings. The summed E-state index contributed by atoms with van der Waals surface area (Å²) in [5.41, 5.74) is 0.414. The Morgan fingerprint density at radius 2 is 2.33 bits per heavy atom. The number of amides is 1. The highest BCUT2D eigenvalue weighted by Gasteiger charge is 2.23. The van der Waals surface area contributed by atoms with Crippen molar-refractivity contribution >= 4 is 5.91 Å². The molecule has 1 amide bonds. The van der Waals surface area contributed by atoms with E-state index >= 15 is 0 Å². The zero-order valence-corrected chi connectivity index (χ0v) is 12.6. The summed E-state index contributed by atoms with van der Waals surface area (Å²) in [4.78, 5) is 12.1. The smallest absolute Gasteiger partial charge is 0.251 e. The number of methoxy groups -OCH3 is 1. The number of rotatable bonds is 5. The van der Waals surface area contributed by atoms with E-state index in [1.165, 1.54) is 38.2 Å². The van der Waals surface area contributed by atoms with Gasteiger partial charge in [-0.05, 0) is 43.5 Å². The molecule has 0 radical (unpaired) electrons. The molecule has 0 saturated carbocycles. The molecule has 2 atom stereocenters. The van der Waals surface area contributed by atoms with Gasteiger partial charge in [0.2, 0.25) is 0 Å². The summed E-state index contributed by atoms with van der Waals surface area (Å²) in [6, 6.07) is 4.46. The second-order valence-corrected chi connectivity index (χ2v) is 5.43. The van der Waals surface area contributed by atoms with E-state index in [1.807, 2.05) is 0 Å². The SMILES string of the molecule is CCC1CCCNC1CNC(=O)c1ccc(F)c(OC)c1. The Bertz CT molecular complexity index is 493. The predicted octanol–water partition coefficient (Wildman–Crippen LogP) is 2.34. The van der Waals surface area contributed by atoms with Crippen LogP contribution in [0.4, 0.5) is 4.39 Å². The van der Waals surface area contributed by atoms with Crippen molar-refractivity contribution in [2.24, 2.45) is 5.92 Å². The lowest BCUT2D eigenvalue weighted by molar-refractivity contribution is 0.0941. The lowest BCUT2D eigenvalue weighted by atomic mass is 9.88. The van der Waals surface area contributed by atoms with Crippen molar-refractivity contribution in [1.82, 2.24) is 10.6 Å². The number of hydrogen-bond acceptors (Lipinski definition) is 3. The van der Waals surface area contributed by atoms with Crippen molar-refractivity contribution < 1.29 is 13.9 Å². The third-order valence-corrected chi connectivity index (χ3v) is 4.15.